The summed E-state index contributed by atoms with van der Waals surface area (Å²) in [5, 5.41) is 0.682. The highest BCUT2D eigenvalue weighted by Gasteiger charge is 2.24. The van der Waals surface area contributed by atoms with Crippen LogP contribution in [-0.4, -0.2) is 37.1 Å². The summed E-state index contributed by atoms with van der Waals surface area (Å²) in [4.78, 5) is 28.4. The van der Waals surface area contributed by atoms with Gasteiger partial charge in [0.2, 0.25) is 5.88 Å². The first-order valence-electron chi connectivity index (χ1n) is 10.8. The predicted octanol–water partition coefficient (Wildman–Crippen LogP) is 6.17. The number of pyridine rings is 1. The maximum Gasteiger partial charge on any atom is 0.388 e. The molecule has 0 aliphatic heterocycles. The summed E-state index contributed by atoms with van der Waals surface area (Å²) in [6.07, 6.45) is 0.198. The van der Waals surface area contributed by atoms with Gasteiger partial charge in [0.05, 0.1) is 17.6 Å². The van der Waals surface area contributed by atoms with Gasteiger partial charge in [0.1, 0.15) is 5.75 Å². The highest BCUT2D eigenvalue weighted by atomic mass is 35.5. The quantitative estimate of drug-likeness (QED) is 0.269. The number of hydrogen-bond acceptors (Lipinski definition) is 6. The molecule has 0 fully saturated rings. The SMILES string of the molecule is COC(=O)COc1ccc(Cl)c2nc(OC(F)F)c(Cc3ccc(C(=O)C(C)(C)C)cc3)c(C)c12. The Labute approximate surface area is 207 Å². The van der Waals surface area contributed by atoms with Crippen LogP contribution < -0.4 is 9.47 Å². The summed E-state index contributed by atoms with van der Waals surface area (Å²) >= 11 is 6.31. The molecule has 3 aromatic rings. The van der Waals surface area contributed by atoms with Crippen LogP contribution in [-0.2, 0) is 16.0 Å². The Balaban J connectivity index is 2.09. The van der Waals surface area contributed by atoms with Crippen LogP contribution in [0.25, 0.3) is 10.9 Å². The first kappa shape index (κ1) is 26.3. The molecule has 186 valence electrons. The second-order valence-corrected chi connectivity index (χ2v) is 9.39. The number of aromatic nitrogens is 1. The van der Waals surface area contributed by atoms with Crippen LogP contribution in [0.4, 0.5) is 8.78 Å². The Morgan fingerprint density at radius 1 is 1.09 bits per heavy atom. The lowest BCUT2D eigenvalue weighted by Crippen LogP contribution is -2.20. The first-order chi connectivity index (χ1) is 16.4. The van der Waals surface area contributed by atoms with Gasteiger partial charge < -0.3 is 14.2 Å². The topological polar surface area (TPSA) is 74.7 Å². The Hall–Kier alpha value is -3.26. The van der Waals surface area contributed by atoms with Crippen molar-refractivity contribution in [3.05, 3.63) is 63.7 Å². The number of alkyl halides is 2. The molecule has 6 nitrogen and oxygen atoms in total. The monoisotopic (exact) mass is 505 g/mol. The van der Waals surface area contributed by atoms with E-state index < -0.39 is 18.0 Å². The number of ketones is 1. The second kappa shape index (κ2) is 10.6. The van der Waals surface area contributed by atoms with Gasteiger partial charge in [-0.15, -0.1) is 0 Å². The Morgan fingerprint density at radius 2 is 1.74 bits per heavy atom. The molecule has 0 amide bonds. The van der Waals surface area contributed by atoms with Gasteiger partial charge in [-0.3, -0.25) is 4.79 Å². The van der Waals surface area contributed by atoms with E-state index in [0.29, 0.717) is 27.8 Å². The smallest absolute Gasteiger partial charge is 0.388 e. The molecule has 0 N–H and O–H groups in total. The number of nitrogens with zero attached hydrogens (tertiary/aromatic N) is 1. The van der Waals surface area contributed by atoms with E-state index >= 15 is 0 Å². The van der Waals surface area contributed by atoms with Crippen molar-refractivity contribution in [1.29, 1.82) is 0 Å². The van der Waals surface area contributed by atoms with Crippen LogP contribution in [0, 0.1) is 12.3 Å². The summed E-state index contributed by atoms with van der Waals surface area (Å²) < 4.78 is 41.5. The zero-order chi connectivity index (χ0) is 25.9. The molecule has 1 aromatic heterocycles. The van der Waals surface area contributed by atoms with Crippen LogP contribution >= 0.6 is 11.6 Å². The number of methoxy groups -OCH3 is 1. The van der Waals surface area contributed by atoms with E-state index in [2.05, 4.69) is 9.72 Å². The van der Waals surface area contributed by atoms with Crippen LogP contribution in [0.1, 0.15) is 47.8 Å². The maximum absolute atomic E-state index is 13.2. The van der Waals surface area contributed by atoms with Crippen molar-refractivity contribution in [1.82, 2.24) is 4.98 Å². The van der Waals surface area contributed by atoms with E-state index in [-0.39, 0.29) is 35.2 Å². The molecule has 0 spiro atoms. The number of carbonyl (C=O) groups excluding carboxylic acids is 2. The number of fused-ring (bicyclic) bond motifs is 1. The third-order valence-corrected chi connectivity index (χ3v) is 5.75. The van der Waals surface area contributed by atoms with Gasteiger partial charge in [-0.2, -0.15) is 8.78 Å². The lowest BCUT2D eigenvalue weighted by Gasteiger charge is -2.18. The van der Waals surface area contributed by atoms with E-state index in [1.807, 2.05) is 20.8 Å². The maximum atomic E-state index is 13.2. The number of carbonyl (C=O) groups is 2. The molecule has 0 atom stereocenters. The Bertz CT molecular complexity index is 1250. The molecule has 0 aliphatic carbocycles. The standard InChI is InChI=1S/C26H26ClF2NO5/c1-14-17(12-15-6-8-16(9-7-15)23(32)26(2,3)4)24(35-25(28)29)30-22-18(27)10-11-19(21(14)22)34-13-20(31)33-5/h6-11,25H,12-13H2,1-5H3. The minimum absolute atomic E-state index is 0.00337. The van der Waals surface area contributed by atoms with Gasteiger partial charge >= 0.3 is 12.6 Å². The average molecular weight is 506 g/mol. The van der Waals surface area contributed by atoms with E-state index in [4.69, 9.17) is 21.1 Å². The van der Waals surface area contributed by atoms with Gasteiger partial charge in [0.25, 0.3) is 0 Å². The normalized spacial score (nSPS) is 11.6. The molecule has 3 rings (SSSR count). The third kappa shape index (κ3) is 6.06. The third-order valence-electron chi connectivity index (χ3n) is 5.44. The molecule has 9 heteroatoms. The molecule has 35 heavy (non-hydrogen) atoms. The minimum Gasteiger partial charge on any atom is -0.481 e. The van der Waals surface area contributed by atoms with Crippen LogP contribution in [0.5, 0.6) is 11.6 Å². The molecule has 0 aliphatic rings. The van der Waals surface area contributed by atoms with E-state index in [9.17, 15) is 18.4 Å². The first-order valence-corrected chi connectivity index (χ1v) is 11.2. The van der Waals surface area contributed by atoms with Crippen molar-refractivity contribution in [2.45, 2.75) is 40.7 Å². The predicted molar refractivity (Wildman–Crippen MR) is 129 cm³/mol. The molecular formula is C26H26ClF2NO5. The number of Topliss-reactive ketones (excluding diaryl/α,β-unsaturated/α-hetero) is 1. The molecule has 0 radical (unpaired) electrons. The van der Waals surface area contributed by atoms with E-state index in [0.717, 1.165) is 5.56 Å². The molecule has 1 heterocycles. The summed E-state index contributed by atoms with van der Waals surface area (Å²) in [6, 6.07) is 10.0. The largest absolute Gasteiger partial charge is 0.481 e. The molecule has 0 bridgehead atoms. The van der Waals surface area contributed by atoms with Crippen LogP contribution in [0.3, 0.4) is 0 Å². The lowest BCUT2D eigenvalue weighted by molar-refractivity contribution is -0.142. The number of esters is 1. The molecule has 0 unspecified atom stereocenters. The van der Waals surface area contributed by atoms with E-state index in [1.54, 1.807) is 37.3 Å². The summed E-state index contributed by atoms with van der Waals surface area (Å²) in [5.74, 6) is -0.541. The van der Waals surface area contributed by atoms with Gasteiger partial charge in [-0.25, -0.2) is 9.78 Å². The lowest BCUT2D eigenvalue weighted by atomic mass is 9.86. The van der Waals surface area contributed by atoms with Crippen LogP contribution in [0.15, 0.2) is 36.4 Å². The number of ether oxygens (including phenoxy) is 3. The highest BCUT2D eigenvalue weighted by Crippen LogP contribution is 2.38. The zero-order valence-electron chi connectivity index (χ0n) is 20.1. The summed E-state index contributed by atoms with van der Waals surface area (Å²) in [7, 11) is 1.24. The van der Waals surface area contributed by atoms with Gasteiger partial charge in [-0.05, 0) is 30.2 Å². The Morgan fingerprint density at radius 3 is 2.31 bits per heavy atom. The van der Waals surface area contributed by atoms with Crippen LogP contribution in [0.2, 0.25) is 5.02 Å². The Kier molecular flexibility index (Phi) is 7.95. The van der Waals surface area contributed by atoms with Crippen molar-refractivity contribution >= 4 is 34.3 Å². The number of benzene rings is 2. The zero-order valence-corrected chi connectivity index (χ0v) is 20.8. The minimum atomic E-state index is -3.09. The highest BCUT2D eigenvalue weighted by molar-refractivity contribution is 6.35. The van der Waals surface area contributed by atoms with Crippen molar-refractivity contribution in [3.63, 3.8) is 0 Å². The van der Waals surface area contributed by atoms with Crippen molar-refractivity contribution < 1.29 is 32.6 Å². The number of hydrogen-bond donors (Lipinski definition) is 0. The summed E-state index contributed by atoms with van der Waals surface area (Å²) in [6.45, 7) is 3.80. The fourth-order valence-corrected chi connectivity index (χ4v) is 3.82. The molecule has 0 saturated heterocycles. The van der Waals surface area contributed by atoms with Gasteiger partial charge in [0, 0.05) is 28.3 Å². The van der Waals surface area contributed by atoms with E-state index in [1.165, 1.54) is 13.2 Å². The average Bonchev–Trinajstić information content (AvgIpc) is 2.80. The van der Waals surface area contributed by atoms with Crippen molar-refractivity contribution in [2.75, 3.05) is 13.7 Å². The molecular weight excluding hydrogens is 480 g/mol. The van der Waals surface area contributed by atoms with Gasteiger partial charge in [-0.1, -0.05) is 56.6 Å². The number of aryl methyl sites for hydroxylation is 1. The molecule has 0 saturated carbocycles. The fourth-order valence-electron chi connectivity index (χ4n) is 3.62. The molecule has 2 aromatic carbocycles. The fraction of sp³-hybridized carbons (Fsp3) is 0.346. The second-order valence-electron chi connectivity index (χ2n) is 8.99. The van der Waals surface area contributed by atoms with Gasteiger partial charge in [0.15, 0.2) is 12.4 Å². The number of rotatable bonds is 8. The van der Waals surface area contributed by atoms with Crippen molar-refractivity contribution in [2.24, 2.45) is 5.41 Å². The van der Waals surface area contributed by atoms with Crippen molar-refractivity contribution in [3.8, 4) is 11.6 Å². The summed E-state index contributed by atoms with van der Waals surface area (Å²) in [5.41, 5.74) is 1.96. The number of halogens is 3.